The Morgan fingerprint density at radius 2 is 1.60 bits per heavy atom. The number of ether oxygens (including phenoxy) is 2. The van der Waals surface area contributed by atoms with E-state index in [1.165, 1.54) is 0 Å². The van der Waals surface area contributed by atoms with Crippen LogP contribution in [0.4, 0.5) is 30.7 Å². The number of alkyl halides is 7. The monoisotopic (exact) mass is 382 g/mol. The highest BCUT2D eigenvalue weighted by molar-refractivity contribution is 5.87. The molecule has 146 valence electrons. The summed E-state index contributed by atoms with van der Waals surface area (Å²) >= 11 is 0. The van der Waals surface area contributed by atoms with E-state index < -0.39 is 53.0 Å². The van der Waals surface area contributed by atoms with Crippen molar-refractivity contribution in [3.05, 3.63) is 12.2 Å². The van der Waals surface area contributed by atoms with Crippen molar-refractivity contribution in [1.29, 1.82) is 0 Å². The second kappa shape index (κ2) is 5.57. The maximum absolute atomic E-state index is 14.8. The molecule has 1 N–H and O–H groups in total. The summed E-state index contributed by atoms with van der Waals surface area (Å²) in [6.45, 7) is 4.55. The van der Waals surface area contributed by atoms with Crippen molar-refractivity contribution in [1.82, 2.24) is 0 Å². The molecule has 3 unspecified atom stereocenters. The van der Waals surface area contributed by atoms with Gasteiger partial charge in [0.2, 0.25) is 17.0 Å². The minimum absolute atomic E-state index is 0.0824. The van der Waals surface area contributed by atoms with Crippen molar-refractivity contribution in [2.75, 3.05) is 0 Å². The molecule has 11 heteroatoms. The van der Waals surface area contributed by atoms with Crippen LogP contribution in [0.2, 0.25) is 0 Å². The first kappa shape index (κ1) is 21.7. The minimum Gasteiger partial charge on any atom is -0.443 e. The lowest BCUT2D eigenvalue weighted by Gasteiger charge is -2.58. The fourth-order valence-electron chi connectivity index (χ4n) is 2.62. The lowest BCUT2D eigenvalue weighted by atomic mass is 9.71. The van der Waals surface area contributed by atoms with Crippen LogP contribution in [0.1, 0.15) is 34.1 Å². The topological polar surface area (TPSA) is 55.8 Å². The summed E-state index contributed by atoms with van der Waals surface area (Å²) in [6.07, 6.45) is -7.40. The quantitative estimate of drug-likeness (QED) is 0.461. The highest BCUT2D eigenvalue weighted by Crippen LogP contribution is 2.64. The van der Waals surface area contributed by atoms with E-state index in [9.17, 15) is 40.6 Å². The van der Waals surface area contributed by atoms with Crippen LogP contribution < -0.4 is 0 Å². The van der Waals surface area contributed by atoms with Crippen LogP contribution in [0.25, 0.3) is 0 Å². The molecule has 1 heterocycles. The number of rotatable bonds is 3. The van der Waals surface area contributed by atoms with Gasteiger partial charge in [-0.15, -0.1) is 0 Å². The Kier molecular flexibility index (Phi) is 4.83. The van der Waals surface area contributed by atoms with E-state index in [1.54, 1.807) is 0 Å². The van der Waals surface area contributed by atoms with Gasteiger partial charge in [-0.05, 0) is 27.2 Å². The van der Waals surface area contributed by atoms with Gasteiger partial charge in [0.1, 0.15) is 0 Å². The molecule has 0 bridgehead atoms. The van der Waals surface area contributed by atoms with Crippen LogP contribution in [0, 0.1) is 0 Å². The third kappa shape index (κ3) is 2.54. The lowest BCUT2D eigenvalue weighted by molar-refractivity contribution is -0.513. The Bertz CT molecular complexity index is 584. The van der Waals surface area contributed by atoms with Gasteiger partial charge in [-0.1, -0.05) is 13.5 Å². The van der Waals surface area contributed by atoms with Crippen LogP contribution in [0.3, 0.4) is 0 Å². The number of esters is 1. The second-order valence-corrected chi connectivity index (χ2v) is 6.12. The van der Waals surface area contributed by atoms with Crippen molar-refractivity contribution in [3.8, 4) is 0 Å². The van der Waals surface area contributed by atoms with Crippen molar-refractivity contribution in [2.24, 2.45) is 0 Å². The molecule has 1 saturated heterocycles. The minimum atomic E-state index is -5.87. The van der Waals surface area contributed by atoms with Crippen molar-refractivity contribution in [2.45, 2.75) is 69.1 Å². The van der Waals surface area contributed by atoms with E-state index in [4.69, 9.17) is 0 Å². The molecule has 0 aromatic carbocycles. The molecule has 4 nitrogen and oxygen atoms in total. The average molecular weight is 382 g/mol. The Balaban J connectivity index is 3.81. The molecule has 0 aromatic rings. The molecule has 3 atom stereocenters. The summed E-state index contributed by atoms with van der Waals surface area (Å²) < 4.78 is 107. The van der Waals surface area contributed by atoms with Gasteiger partial charge in [-0.25, -0.2) is 4.79 Å². The summed E-state index contributed by atoms with van der Waals surface area (Å²) in [5.74, 6) is -16.3. The highest BCUT2D eigenvalue weighted by Gasteiger charge is 2.90. The third-order valence-electron chi connectivity index (χ3n) is 4.26. The maximum Gasteiger partial charge on any atom is 0.423 e. The zero-order valence-electron chi connectivity index (χ0n) is 13.7. The summed E-state index contributed by atoms with van der Waals surface area (Å²) in [6, 6.07) is 0. The SMILES string of the molecule is C=C(C)C(=O)OC1(C)C(F)(F)C(C)(O)OC(CC)(C(F)(F)F)C1(F)F. The average Bonchev–Trinajstić information content (AvgIpc) is 2.40. The summed E-state index contributed by atoms with van der Waals surface area (Å²) in [7, 11) is 0. The Labute approximate surface area is 138 Å². The van der Waals surface area contributed by atoms with E-state index in [0.29, 0.717) is 6.92 Å². The van der Waals surface area contributed by atoms with Gasteiger partial charge in [0.15, 0.2) is 0 Å². The van der Waals surface area contributed by atoms with Gasteiger partial charge < -0.3 is 14.6 Å². The largest absolute Gasteiger partial charge is 0.443 e. The van der Waals surface area contributed by atoms with Crippen LogP contribution in [0.15, 0.2) is 12.2 Å². The van der Waals surface area contributed by atoms with Crippen molar-refractivity contribution >= 4 is 5.97 Å². The van der Waals surface area contributed by atoms with Crippen LogP contribution in [-0.4, -0.2) is 46.1 Å². The van der Waals surface area contributed by atoms with Gasteiger partial charge in [-0.3, -0.25) is 0 Å². The molecule has 25 heavy (non-hydrogen) atoms. The second-order valence-electron chi connectivity index (χ2n) is 6.12. The maximum atomic E-state index is 14.8. The van der Waals surface area contributed by atoms with E-state index >= 15 is 0 Å². The predicted molar refractivity (Wildman–Crippen MR) is 70.0 cm³/mol. The lowest BCUT2D eigenvalue weighted by Crippen LogP contribution is -2.84. The number of carbonyl (C=O) groups excluding carboxylic acids is 1. The highest BCUT2D eigenvalue weighted by atomic mass is 19.4. The Morgan fingerprint density at radius 1 is 1.16 bits per heavy atom. The normalized spacial score (nSPS) is 37.4. The van der Waals surface area contributed by atoms with Gasteiger partial charge >= 0.3 is 24.0 Å². The molecular weight excluding hydrogens is 365 g/mol. The Morgan fingerprint density at radius 3 is 1.92 bits per heavy atom. The van der Waals surface area contributed by atoms with Crippen LogP contribution >= 0.6 is 0 Å². The molecule has 1 rings (SSSR count). The fourth-order valence-corrected chi connectivity index (χ4v) is 2.62. The van der Waals surface area contributed by atoms with Crippen molar-refractivity contribution in [3.63, 3.8) is 0 Å². The molecule has 1 aliphatic heterocycles. The van der Waals surface area contributed by atoms with E-state index in [1.807, 2.05) is 0 Å². The first-order valence-corrected chi connectivity index (χ1v) is 6.98. The molecule has 0 saturated carbocycles. The zero-order valence-corrected chi connectivity index (χ0v) is 13.7. The summed E-state index contributed by atoms with van der Waals surface area (Å²) in [5, 5.41) is 9.73. The third-order valence-corrected chi connectivity index (χ3v) is 4.26. The number of halogens is 7. The van der Waals surface area contributed by atoms with Gasteiger partial charge in [-0.2, -0.15) is 30.7 Å². The molecule has 1 fully saturated rings. The fraction of sp³-hybridized carbons (Fsp3) is 0.786. The Hall–Kier alpha value is -1.36. The molecule has 0 amide bonds. The summed E-state index contributed by atoms with van der Waals surface area (Å²) in [4.78, 5) is 11.6. The summed E-state index contributed by atoms with van der Waals surface area (Å²) in [5.41, 5.74) is -9.49. The number of hydrogen-bond donors (Lipinski definition) is 1. The molecule has 0 spiro atoms. The smallest absolute Gasteiger partial charge is 0.423 e. The molecule has 0 aromatic heterocycles. The van der Waals surface area contributed by atoms with E-state index in [0.717, 1.165) is 6.92 Å². The van der Waals surface area contributed by atoms with Gasteiger partial charge in [0, 0.05) is 5.57 Å². The predicted octanol–water partition coefficient (Wildman–Crippen LogP) is 3.58. The zero-order chi connectivity index (χ0) is 20.3. The number of hydrogen-bond acceptors (Lipinski definition) is 4. The molecule has 0 aliphatic carbocycles. The van der Waals surface area contributed by atoms with E-state index in [2.05, 4.69) is 16.1 Å². The standard InChI is InChI=1S/C14H17F7O4/c1-6-11(14(19,20)21)13(17,18)9(4,24-8(22)7(2)3)12(15,16)10(5,23)25-11/h23H,2,6H2,1,3-5H3. The van der Waals surface area contributed by atoms with Crippen molar-refractivity contribution < 1.29 is 50.1 Å². The number of aliphatic hydroxyl groups is 1. The molecule has 0 radical (unpaired) electrons. The van der Waals surface area contributed by atoms with Crippen LogP contribution in [-0.2, 0) is 14.3 Å². The molecular formula is C14H17F7O4. The first-order valence-electron chi connectivity index (χ1n) is 6.98. The first-order chi connectivity index (χ1) is 10.8. The van der Waals surface area contributed by atoms with Crippen LogP contribution in [0.5, 0.6) is 0 Å². The number of carbonyl (C=O) groups is 1. The van der Waals surface area contributed by atoms with Gasteiger partial charge in [0.25, 0.3) is 0 Å². The van der Waals surface area contributed by atoms with Gasteiger partial charge in [0.05, 0.1) is 0 Å². The van der Waals surface area contributed by atoms with E-state index in [-0.39, 0.29) is 13.8 Å². The molecule has 1 aliphatic rings.